The molecule has 1 fully saturated rings. The average molecular weight is 318 g/mol. The zero-order valence-electron chi connectivity index (χ0n) is 14.3. The van der Waals surface area contributed by atoms with Crippen molar-refractivity contribution >= 4 is 18.0 Å². The predicted molar refractivity (Wildman–Crippen MR) is 90.5 cm³/mol. The van der Waals surface area contributed by atoms with Crippen LogP contribution in [0, 0.1) is 11.3 Å². The van der Waals surface area contributed by atoms with Crippen LogP contribution in [-0.4, -0.2) is 23.0 Å². The zero-order chi connectivity index (χ0) is 17.3. The third-order valence-electron chi connectivity index (χ3n) is 5.85. The standard InChI is InChI=1S/C18H26N2O3/c1-12-7-6-10-18(4,17(12,2)3)20-16(23)13-8-5-9-14(15(13)22)19-11-21/h5,8-9,11-12,22H,6-7,10H2,1-4H3,(H,19,21)(H,20,23). The lowest BCUT2D eigenvalue weighted by molar-refractivity contribution is -0.105. The van der Waals surface area contributed by atoms with E-state index < -0.39 is 0 Å². The highest BCUT2D eigenvalue weighted by atomic mass is 16.3. The Morgan fingerprint density at radius 2 is 2.04 bits per heavy atom. The van der Waals surface area contributed by atoms with E-state index in [4.69, 9.17) is 0 Å². The van der Waals surface area contributed by atoms with Crippen molar-refractivity contribution in [3.05, 3.63) is 23.8 Å². The molecule has 5 nitrogen and oxygen atoms in total. The summed E-state index contributed by atoms with van der Waals surface area (Å²) in [7, 11) is 0. The number of anilines is 1. The third kappa shape index (κ3) is 3.05. The number of rotatable bonds is 4. The second-order valence-corrected chi connectivity index (χ2v) is 7.27. The summed E-state index contributed by atoms with van der Waals surface area (Å²) in [5, 5.41) is 15.7. The summed E-state index contributed by atoms with van der Waals surface area (Å²) in [6.45, 7) is 8.66. The first-order chi connectivity index (χ1) is 10.7. The van der Waals surface area contributed by atoms with Crippen molar-refractivity contribution in [2.75, 3.05) is 5.32 Å². The largest absolute Gasteiger partial charge is 0.505 e. The van der Waals surface area contributed by atoms with Gasteiger partial charge in [-0.2, -0.15) is 0 Å². The van der Waals surface area contributed by atoms with Gasteiger partial charge in [-0.05, 0) is 36.8 Å². The van der Waals surface area contributed by atoms with Crippen LogP contribution in [0.25, 0.3) is 0 Å². The number of carbonyl (C=O) groups is 2. The molecule has 23 heavy (non-hydrogen) atoms. The second kappa shape index (κ2) is 6.22. The van der Waals surface area contributed by atoms with Crippen molar-refractivity contribution in [3.8, 4) is 5.75 Å². The Kier molecular flexibility index (Phi) is 4.68. The molecule has 1 aromatic rings. The van der Waals surface area contributed by atoms with E-state index in [-0.39, 0.29) is 33.9 Å². The van der Waals surface area contributed by atoms with Gasteiger partial charge in [0.15, 0.2) is 5.75 Å². The number of phenolic OH excluding ortho intramolecular Hbond substituents is 1. The minimum absolute atomic E-state index is 0.0464. The topological polar surface area (TPSA) is 78.4 Å². The Labute approximate surface area is 137 Å². The van der Waals surface area contributed by atoms with E-state index in [1.165, 1.54) is 0 Å². The van der Waals surface area contributed by atoms with Crippen molar-refractivity contribution < 1.29 is 14.7 Å². The first kappa shape index (κ1) is 17.3. The van der Waals surface area contributed by atoms with Crippen LogP contribution in [-0.2, 0) is 4.79 Å². The molecule has 5 heteroatoms. The molecule has 2 rings (SSSR count). The summed E-state index contributed by atoms with van der Waals surface area (Å²) in [5.41, 5.74) is 0.0125. The van der Waals surface area contributed by atoms with E-state index in [9.17, 15) is 14.7 Å². The fourth-order valence-corrected chi connectivity index (χ4v) is 3.44. The number of hydrogen-bond acceptors (Lipinski definition) is 3. The summed E-state index contributed by atoms with van der Waals surface area (Å²) >= 11 is 0. The number of phenols is 1. The lowest BCUT2D eigenvalue weighted by atomic mass is 9.59. The number of amides is 2. The van der Waals surface area contributed by atoms with Gasteiger partial charge < -0.3 is 15.7 Å². The molecule has 0 spiro atoms. The molecule has 2 amide bonds. The van der Waals surface area contributed by atoms with Gasteiger partial charge in [0.1, 0.15) is 0 Å². The lowest BCUT2D eigenvalue weighted by Crippen LogP contribution is -2.60. The van der Waals surface area contributed by atoms with Gasteiger partial charge in [-0.3, -0.25) is 9.59 Å². The molecule has 0 radical (unpaired) electrons. The van der Waals surface area contributed by atoms with Crippen molar-refractivity contribution in [2.45, 2.75) is 52.5 Å². The zero-order valence-corrected chi connectivity index (χ0v) is 14.3. The minimum atomic E-state index is -0.345. The van der Waals surface area contributed by atoms with E-state index >= 15 is 0 Å². The maximum absolute atomic E-state index is 12.7. The van der Waals surface area contributed by atoms with Gasteiger partial charge >= 0.3 is 0 Å². The van der Waals surface area contributed by atoms with Crippen LogP contribution in [0.1, 0.15) is 57.3 Å². The Bertz CT molecular complexity index is 612. The van der Waals surface area contributed by atoms with E-state index in [0.29, 0.717) is 12.3 Å². The number of hydrogen-bond donors (Lipinski definition) is 3. The molecule has 0 saturated heterocycles. The van der Waals surface area contributed by atoms with E-state index in [1.54, 1.807) is 18.2 Å². The predicted octanol–water partition coefficient (Wildman–Crippen LogP) is 3.30. The van der Waals surface area contributed by atoms with Gasteiger partial charge in [0.05, 0.1) is 11.3 Å². The van der Waals surface area contributed by atoms with Crippen LogP contribution in [0.2, 0.25) is 0 Å². The molecule has 126 valence electrons. The summed E-state index contributed by atoms with van der Waals surface area (Å²) < 4.78 is 0. The van der Waals surface area contributed by atoms with E-state index in [1.807, 2.05) is 0 Å². The van der Waals surface area contributed by atoms with E-state index in [0.717, 1.165) is 19.3 Å². The van der Waals surface area contributed by atoms with Crippen LogP contribution in [0.15, 0.2) is 18.2 Å². The van der Waals surface area contributed by atoms with Crippen LogP contribution in [0.3, 0.4) is 0 Å². The monoisotopic (exact) mass is 318 g/mol. The Morgan fingerprint density at radius 1 is 1.35 bits per heavy atom. The van der Waals surface area contributed by atoms with Gasteiger partial charge in [-0.25, -0.2) is 0 Å². The third-order valence-corrected chi connectivity index (χ3v) is 5.85. The molecule has 0 aromatic heterocycles. The minimum Gasteiger partial charge on any atom is -0.505 e. The normalized spacial score (nSPS) is 26.3. The summed E-state index contributed by atoms with van der Waals surface area (Å²) in [5.74, 6) is -0.0256. The maximum atomic E-state index is 12.7. The number of aromatic hydroxyl groups is 1. The molecule has 2 atom stereocenters. The number of carbonyl (C=O) groups excluding carboxylic acids is 2. The molecule has 1 aliphatic rings. The molecular formula is C18H26N2O3. The molecule has 2 unspecified atom stereocenters. The first-order valence-electron chi connectivity index (χ1n) is 8.07. The summed E-state index contributed by atoms with van der Waals surface area (Å²) in [6.07, 6.45) is 3.61. The smallest absolute Gasteiger partial charge is 0.255 e. The van der Waals surface area contributed by atoms with Gasteiger partial charge in [0, 0.05) is 5.54 Å². The van der Waals surface area contributed by atoms with Gasteiger partial charge in [-0.1, -0.05) is 39.7 Å². The highest BCUT2D eigenvalue weighted by Gasteiger charge is 2.47. The SMILES string of the molecule is CC1CCCC(C)(NC(=O)c2cccc(NC=O)c2O)C1(C)C. The van der Waals surface area contributed by atoms with Crippen LogP contribution in [0.5, 0.6) is 5.75 Å². The van der Waals surface area contributed by atoms with E-state index in [2.05, 4.69) is 38.3 Å². The Hall–Kier alpha value is -2.04. The van der Waals surface area contributed by atoms with Gasteiger partial charge in [0.25, 0.3) is 5.91 Å². The fraction of sp³-hybridized carbons (Fsp3) is 0.556. The highest BCUT2D eigenvalue weighted by Crippen LogP contribution is 2.47. The molecule has 0 aliphatic heterocycles. The number of nitrogens with one attached hydrogen (secondary N) is 2. The van der Waals surface area contributed by atoms with Gasteiger partial charge in [0.2, 0.25) is 6.41 Å². The van der Waals surface area contributed by atoms with Crippen molar-refractivity contribution in [3.63, 3.8) is 0 Å². The Balaban J connectivity index is 2.28. The Morgan fingerprint density at radius 3 is 2.70 bits per heavy atom. The first-order valence-corrected chi connectivity index (χ1v) is 8.07. The average Bonchev–Trinajstić information content (AvgIpc) is 2.47. The number of benzene rings is 1. The molecule has 0 bridgehead atoms. The molecule has 1 aliphatic carbocycles. The van der Waals surface area contributed by atoms with Crippen molar-refractivity contribution in [1.29, 1.82) is 0 Å². The van der Waals surface area contributed by atoms with Crippen LogP contribution < -0.4 is 10.6 Å². The molecule has 1 aromatic carbocycles. The molecule has 3 N–H and O–H groups in total. The number of para-hydroxylation sites is 1. The summed E-state index contributed by atoms with van der Waals surface area (Å²) in [6, 6.07) is 4.75. The molecular weight excluding hydrogens is 292 g/mol. The molecule has 1 saturated carbocycles. The quantitative estimate of drug-likeness (QED) is 0.589. The highest BCUT2D eigenvalue weighted by molar-refractivity contribution is 5.99. The van der Waals surface area contributed by atoms with Crippen LogP contribution >= 0.6 is 0 Å². The van der Waals surface area contributed by atoms with Crippen LogP contribution in [0.4, 0.5) is 5.69 Å². The summed E-state index contributed by atoms with van der Waals surface area (Å²) in [4.78, 5) is 23.3. The maximum Gasteiger partial charge on any atom is 0.255 e. The lowest BCUT2D eigenvalue weighted by Gasteiger charge is -2.52. The molecule has 0 heterocycles. The van der Waals surface area contributed by atoms with Gasteiger partial charge in [-0.15, -0.1) is 0 Å². The fourth-order valence-electron chi connectivity index (χ4n) is 3.44. The second-order valence-electron chi connectivity index (χ2n) is 7.27. The van der Waals surface area contributed by atoms with Crippen molar-refractivity contribution in [1.82, 2.24) is 5.32 Å². The van der Waals surface area contributed by atoms with Crippen molar-refractivity contribution in [2.24, 2.45) is 11.3 Å².